The number of pyridine rings is 2. The molecule has 2 unspecified atom stereocenters. The van der Waals surface area contributed by atoms with Crippen molar-refractivity contribution >= 4 is 11.0 Å². The van der Waals surface area contributed by atoms with Gasteiger partial charge in [0.1, 0.15) is 35.9 Å². The monoisotopic (exact) mass is 324 g/mol. The highest BCUT2D eigenvalue weighted by Gasteiger charge is 2.44. The standard InChI is InChI=1S/C15H17FN2O5/c1-5-7-3-8(13-12(21)11(20)9(4-19)23-13)15(22)18-14(7)17-6(2)10(5)16/h3,9,11-13,19-21H,4H2,1-2H3,(H,17,18,22)/t9-,11?,12?,13+/m1/s1. The normalized spacial score (nSPS) is 27.7. The van der Waals surface area contributed by atoms with Gasteiger partial charge in [0.2, 0.25) is 0 Å². The van der Waals surface area contributed by atoms with Gasteiger partial charge in [0.25, 0.3) is 5.56 Å². The molecule has 1 aliphatic rings. The molecule has 3 heterocycles. The second kappa shape index (κ2) is 5.64. The smallest absolute Gasteiger partial charge is 0.255 e. The maximum absolute atomic E-state index is 14.0. The number of aromatic nitrogens is 2. The summed E-state index contributed by atoms with van der Waals surface area (Å²) in [5.41, 5.74) is 0.225. The predicted octanol–water partition coefficient (Wildman–Crippen LogP) is -0.167. The Kier molecular flexibility index (Phi) is 3.93. The third-order valence-electron chi connectivity index (χ3n) is 4.23. The summed E-state index contributed by atoms with van der Waals surface area (Å²) in [6.07, 6.45) is -4.78. The second-order valence-corrected chi connectivity index (χ2v) is 5.71. The van der Waals surface area contributed by atoms with Crippen molar-refractivity contribution in [2.24, 2.45) is 0 Å². The van der Waals surface area contributed by atoms with Crippen LogP contribution in [0, 0.1) is 19.7 Å². The number of fused-ring (bicyclic) bond motifs is 1. The minimum absolute atomic E-state index is 0.0492. The van der Waals surface area contributed by atoms with Crippen molar-refractivity contribution in [3.8, 4) is 0 Å². The van der Waals surface area contributed by atoms with Crippen LogP contribution in [0.2, 0.25) is 0 Å². The first-order valence-corrected chi connectivity index (χ1v) is 7.17. The molecule has 0 spiro atoms. The number of H-pyrrole nitrogens is 1. The Labute approximate surface area is 130 Å². The lowest BCUT2D eigenvalue weighted by Crippen LogP contribution is -2.33. The molecule has 3 rings (SSSR count). The van der Waals surface area contributed by atoms with Gasteiger partial charge < -0.3 is 25.0 Å². The molecule has 2 aromatic heterocycles. The number of aryl methyl sites for hydroxylation is 2. The second-order valence-electron chi connectivity index (χ2n) is 5.71. The Morgan fingerprint density at radius 1 is 1.35 bits per heavy atom. The molecule has 0 bridgehead atoms. The molecule has 8 heteroatoms. The number of hydrogen-bond acceptors (Lipinski definition) is 6. The summed E-state index contributed by atoms with van der Waals surface area (Å²) >= 11 is 0. The highest BCUT2D eigenvalue weighted by atomic mass is 19.1. The summed E-state index contributed by atoms with van der Waals surface area (Å²) in [6, 6.07) is 1.40. The minimum atomic E-state index is -1.37. The molecule has 1 aliphatic heterocycles. The van der Waals surface area contributed by atoms with Crippen LogP contribution in [0.25, 0.3) is 11.0 Å². The number of halogens is 1. The first-order chi connectivity index (χ1) is 10.8. The molecular weight excluding hydrogens is 307 g/mol. The van der Waals surface area contributed by atoms with Gasteiger partial charge in [-0.05, 0) is 25.5 Å². The van der Waals surface area contributed by atoms with Gasteiger partial charge in [0.15, 0.2) is 0 Å². The third-order valence-corrected chi connectivity index (χ3v) is 4.23. The fourth-order valence-electron chi connectivity index (χ4n) is 2.88. The minimum Gasteiger partial charge on any atom is -0.394 e. The van der Waals surface area contributed by atoms with E-state index in [-0.39, 0.29) is 16.9 Å². The SMILES string of the molecule is Cc1nc2[nH]c(=O)c([C@@H]3O[C@H](CO)C(O)C3O)cc2c(C)c1F. The highest BCUT2D eigenvalue weighted by Crippen LogP contribution is 2.33. The molecule has 0 saturated carbocycles. The van der Waals surface area contributed by atoms with Crippen LogP contribution in [-0.4, -0.2) is 50.2 Å². The van der Waals surface area contributed by atoms with Crippen LogP contribution in [0.3, 0.4) is 0 Å². The average molecular weight is 324 g/mol. The van der Waals surface area contributed by atoms with E-state index in [2.05, 4.69) is 9.97 Å². The van der Waals surface area contributed by atoms with Crippen molar-refractivity contribution < 1.29 is 24.4 Å². The van der Waals surface area contributed by atoms with E-state index in [0.717, 1.165) is 0 Å². The number of ether oxygens (including phenoxy) is 1. The van der Waals surface area contributed by atoms with Crippen molar-refractivity contribution in [3.63, 3.8) is 0 Å². The first-order valence-electron chi connectivity index (χ1n) is 7.17. The van der Waals surface area contributed by atoms with Gasteiger partial charge >= 0.3 is 0 Å². The van der Waals surface area contributed by atoms with Gasteiger partial charge in [0.05, 0.1) is 12.3 Å². The quantitative estimate of drug-likeness (QED) is 0.610. The summed E-state index contributed by atoms with van der Waals surface area (Å²) in [6.45, 7) is 2.57. The lowest BCUT2D eigenvalue weighted by atomic mass is 10.0. The van der Waals surface area contributed by atoms with Crippen LogP contribution in [0.4, 0.5) is 4.39 Å². The molecule has 0 aromatic carbocycles. The average Bonchev–Trinajstić information content (AvgIpc) is 2.80. The fraction of sp³-hybridized carbons (Fsp3) is 0.467. The van der Waals surface area contributed by atoms with Gasteiger partial charge in [-0.1, -0.05) is 0 Å². The van der Waals surface area contributed by atoms with Crippen molar-refractivity contribution in [1.82, 2.24) is 9.97 Å². The van der Waals surface area contributed by atoms with E-state index in [1.54, 1.807) is 6.92 Å². The summed E-state index contributed by atoms with van der Waals surface area (Å²) in [5, 5.41) is 29.4. The van der Waals surface area contributed by atoms with E-state index in [1.165, 1.54) is 13.0 Å². The molecule has 4 N–H and O–H groups in total. The van der Waals surface area contributed by atoms with Crippen LogP contribution in [0.1, 0.15) is 22.9 Å². The number of rotatable bonds is 2. The fourth-order valence-corrected chi connectivity index (χ4v) is 2.88. The summed E-state index contributed by atoms with van der Waals surface area (Å²) < 4.78 is 19.4. The molecule has 1 saturated heterocycles. The van der Waals surface area contributed by atoms with Gasteiger partial charge in [0, 0.05) is 10.9 Å². The molecule has 1 fully saturated rings. The van der Waals surface area contributed by atoms with Gasteiger partial charge in [-0.25, -0.2) is 9.37 Å². The lowest BCUT2D eigenvalue weighted by molar-refractivity contribution is -0.0231. The Morgan fingerprint density at radius 3 is 2.65 bits per heavy atom. The number of aliphatic hydroxyl groups is 3. The van der Waals surface area contributed by atoms with Crippen LogP contribution in [0.5, 0.6) is 0 Å². The van der Waals surface area contributed by atoms with Crippen LogP contribution in [-0.2, 0) is 4.74 Å². The Bertz CT molecular complexity index is 822. The zero-order chi connectivity index (χ0) is 16.9. The number of aromatic amines is 1. The zero-order valence-corrected chi connectivity index (χ0v) is 12.6. The molecule has 0 amide bonds. The summed E-state index contributed by atoms with van der Waals surface area (Å²) in [7, 11) is 0. The number of nitrogens with one attached hydrogen (secondary N) is 1. The van der Waals surface area contributed by atoms with E-state index < -0.39 is 42.4 Å². The molecule has 0 radical (unpaired) electrons. The number of nitrogens with zero attached hydrogens (tertiary/aromatic N) is 1. The first kappa shape index (κ1) is 16.0. The van der Waals surface area contributed by atoms with E-state index in [0.29, 0.717) is 10.9 Å². The molecule has 7 nitrogen and oxygen atoms in total. The zero-order valence-electron chi connectivity index (χ0n) is 12.6. The molecule has 124 valence electrons. The van der Waals surface area contributed by atoms with Crippen LogP contribution < -0.4 is 5.56 Å². The Morgan fingerprint density at radius 2 is 2.04 bits per heavy atom. The van der Waals surface area contributed by atoms with Crippen molar-refractivity contribution in [1.29, 1.82) is 0 Å². The van der Waals surface area contributed by atoms with E-state index >= 15 is 0 Å². The summed E-state index contributed by atoms with van der Waals surface area (Å²) in [4.78, 5) is 18.8. The third kappa shape index (κ3) is 2.43. The van der Waals surface area contributed by atoms with Gasteiger partial charge in [-0.2, -0.15) is 0 Å². The largest absolute Gasteiger partial charge is 0.394 e. The van der Waals surface area contributed by atoms with Gasteiger partial charge in [-0.3, -0.25) is 4.79 Å². The van der Waals surface area contributed by atoms with E-state index in [1.807, 2.05) is 0 Å². The molecule has 0 aliphatic carbocycles. The van der Waals surface area contributed by atoms with Crippen LogP contribution >= 0.6 is 0 Å². The lowest BCUT2D eigenvalue weighted by Gasteiger charge is -2.15. The van der Waals surface area contributed by atoms with E-state index in [4.69, 9.17) is 9.84 Å². The highest BCUT2D eigenvalue weighted by molar-refractivity contribution is 5.79. The topological polar surface area (TPSA) is 116 Å². The summed E-state index contributed by atoms with van der Waals surface area (Å²) in [5.74, 6) is -0.475. The van der Waals surface area contributed by atoms with Crippen molar-refractivity contribution in [2.45, 2.75) is 38.3 Å². The van der Waals surface area contributed by atoms with Crippen LogP contribution in [0.15, 0.2) is 10.9 Å². The molecular formula is C15H17FN2O5. The van der Waals surface area contributed by atoms with Gasteiger partial charge in [-0.15, -0.1) is 0 Å². The number of aliphatic hydroxyl groups excluding tert-OH is 3. The predicted molar refractivity (Wildman–Crippen MR) is 78.5 cm³/mol. The van der Waals surface area contributed by atoms with Crippen molar-refractivity contribution in [3.05, 3.63) is 39.1 Å². The molecule has 23 heavy (non-hydrogen) atoms. The molecule has 4 atom stereocenters. The number of hydrogen-bond donors (Lipinski definition) is 4. The Balaban J connectivity index is 2.16. The molecule has 2 aromatic rings. The van der Waals surface area contributed by atoms with E-state index in [9.17, 15) is 19.4 Å². The maximum atomic E-state index is 14.0. The van der Waals surface area contributed by atoms with Crippen molar-refractivity contribution in [2.75, 3.05) is 6.61 Å². The Hall–Kier alpha value is -1.87. The maximum Gasteiger partial charge on any atom is 0.255 e.